The molecule has 1 N–H and O–H groups in total. The number of methoxy groups -OCH3 is 1. The first-order chi connectivity index (χ1) is 10.1. The van der Waals surface area contributed by atoms with E-state index in [1.54, 1.807) is 7.11 Å². The van der Waals surface area contributed by atoms with Gasteiger partial charge in [-0.2, -0.15) is 0 Å². The molecule has 0 aromatic heterocycles. The van der Waals surface area contributed by atoms with Crippen LogP contribution in [0.5, 0.6) is 11.5 Å². The average molecular weight is 290 g/mol. The first-order valence-electron chi connectivity index (χ1n) is 6.79. The average Bonchev–Trinajstić information content (AvgIpc) is 2.46. The number of hydrogen-bond donors (Lipinski definition) is 1. The molecule has 0 saturated heterocycles. The molecule has 1 rings (SSSR count). The van der Waals surface area contributed by atoms with Crippen molar-refractivity contribution in [2.75, 3.05) is 33.9 Å². The van der Waals surface area contributed by atoms with Crippen LogP contribution in [0.3, 0.4) is 0 Å². The van der Waals surface area contributed by atoms with Gasteiger partial charge < -0.3 is 14.8 Å². The SMILES string of the molecule is C#CCNC(=O)CN(C)Cc1ccc(OCC)c(OC)c1. The summed E-state index contributed by atoms with van der Waals surface area (Å²) in [4.78, 5) is 13.5. The number of rotatable bonds is 8. The molecule has 0 bridgehead atoms. The normalized spacial score (nSPS) is 10.0. The lowest BCUT2D eigenvalue weighted by atomic mass is 10.2. The van der Waals surface area contributed by atoms with E-state index in [-0.39, 0.29) is 19.0 Å². The van der Waals surface area contributed by atoms with Gasteiger partial charge >= 0.3 is 0 Å². The van der Waals surface area contributed by atoms with Gasteiger partial charge in [-0.25, -0.2) is 0 Å². The highest BCUT2D eigenvalue weighted by Gasteiger charge is 2.09. The predicted molar refractivity (Wildman–Crippen MR) is 82.3 cm³/mol. The number of nitrogens with one attached hydrogen (secondary N) is 1. The largest absolute Gasteiger partial charge is 0.493 e. The second-order valence-corrected chi connectivity index (χ2v) is 4.57. The van der Waals surface area contributed by atoms with Gasteiger partial charge in [0, 0.05) is 6.54 Å². The van der Waals surface area contributed by atoms with E-state index in [9.17, 15) is 4.79 Å². The third-order valence-electron chi connectivity index (χ3n) is 2.78. The van der Waals surface area contributed by atoms with Crippen LogP contribution in [0.15, 0.2) is 18.2 Å². The van der Waals surface area contributed by atoms with Crippen molar-refractivity contribution in [3.63, 3.8) is 0 Å². The minimum atomic E-state index is -0.0895. The van der Waals surface area contributed by atoms with E-state index in [1.807, 2.05) is 37.1 Å². The lowest BCUT2D eigenvalue weighted by molar-refractivity contribution is -0.121. The molecule has 0 aliphatic rings. The standard InChI is InChI=1S/C16H22N2O3/c1-5-9-17-16(19)12-18(3)11-13-7-8-14(21-6-2)15(10-13)20-4/h1,7-8,10H,6,9,11-12H2,2-4H3,(H,17,19). The number of ether oxygens (including phenoxy) is 2. The van der Waals surface area contributed by atoms with Crippen LogP contribution in [0.25, 0.3) is 0 Å². The van der Waals surface area contributed by atoms with Crippen LogP contribution < -0.4 is 14.8 Å². The third-order valence-corrected chi connectivity index (χ3v) is 2.78. The number of benzene rings is 1. The highest BCUT2D eigenvalue weighted by atomic mass is 16.5. The number of carbonyl (C=O) groups is 1. The van der Waals surface area contributed by atoms with E-state index < -0.39 is 0 Å². The van der Waals surface area contributed by atoms with E-state index in [0.29, 0.717) is 18.9 Å². The molecular weight excluding hydrogens is 268 g/mol. The number of amides is 1. The smallest absolute Gasteiger partial charge is 0.234 e. The van der Waals surface area contributed by atoms with Crippen molar-refractivity contribution in [1.29, 1.82) is 0 Å². The molecule has 0 unspecified atom stereocenters. The second kappa shape index (κ2) is 8.88. The minimum Gasteiger partial charge on any atom is -0.493 e. The molecule has 5 nitrogen and oxygen atoms in total. The number of carbonyl (C=O) groups excluding carboxylic acids is 1. The summed E-state index contributed by atoms with van der Waals surface area (Å²) >= 11 is 0. The van der Waals surface area contributed by atoms with Gasteiger partial charge in [-0.15, -0.1) is 6.42 Å². The summed E-state index contributed by atoms with van der Waals surface area (Å²) in [6.07, 6.45) is 5.10. The molecule has 21 heavy (non-hydrogen) atoms. The second-order valence-electron chi connectivity index (χ2n) is 4.57. The molecule has 1 aromatic carbocycles. The fourth-order valence-corrected chi connectivity index (χ4v) is 1.90. The Morgan fingerprint density at radius 1 is 1.43 bits per heavy atom. The molecule has 1 aromatic rings. The zero-order valence-corrected chi connectivity index (χ0v) is 12.8. The molecule has 0 radical (unpaired) electrons. The minimum absolute atomic E-state index is 0.0895. The van der Waals surface area contributed by atoms with Crippen LogP contribution in [0.1, 0.15) is 12.5 Å². The van der Waals surface area contributed by atoms with Gasteiger partial charge in [0.15, 0.2) is 11.5 Å². The molecule has 1 amide bonds. The van der Waals surface area contributed by atoms with E-state index >= 15 is 0 Å². The highest BCUT2D eigenvalue weighted by Crippen LogP contribution is 2.28. The predicted octanol–water partition coefficient (Wildman–Crippen LogP) is 1.28. The zero-order valence-electron chi connectivity index (χ0n) is 12.8. The van der Waals surface area contributed by atoms with Gasteiger partial charge in [-0.05, 0) is 31.7 Å². The van der Waals surface area contributed by atoms with Gasteiger partial charge in [-0.3, -0.25) is 9.69 Å². The maximum Gasteiger partial charge on any atom is 0.234 e. The molecule has 0 aliphatic carbocycles. The fraction of sp³-hybridized carbons (Fsp3) is 0.438. The number of nitrogens with zero attached hydrogens (tertiary/aromatic N) is 1. The summed E-state index contributed by atoms with van der Waals surface area (Å²) in [5.74, 6) is 3.70. The molecule has 5 heteroatoms. The van der Waals surface area contributed by atoms with Crippen LogP contribution in [0, 0.1) is 12.3 Å². The summed E-state index contributed by atoms with van der Waals surface area (Å²) in [7, 11) is 3.48. The van der Waals surface area contributed by atoms with E-state index in [2.05, 4.69) is 11.2 Å². The van der Waals surface area contributed by atoms with Crippen LogP contribution in [-0.4, -0.2) is 44.7 Å². The van der Waals surface area contributed by atoms with Crippen LogP contribution in [0.4, 0.5) is 0 Å². The van der Waals surface area contributed by atoms with Crippen molar-refractivity contribution in [2.24, 2.45) is 0 Å². The first kappa shape index (κ1) is 16.9. The van der Waals surface area contributed by atoms with Gasteiger partial charge in [0.05, 0.1) is 26.8 Å². The topological polar surface area (TPSA) is 50.8 Å². The van der Waals surface area contributed by atoms with Gasteiger partial charge in [0.1, 0.15) is 0 Å². The van der Waals surface area contributed by atoms with Crippen molar-refractivity contribution < 1.29 is 14.3 Å². The van der Waals surface area contributed by atoms with Crippen molar-refractivity contribution in [1.82, 2.24) is 10.2 Å². The van der Waals surface area contributed by atoms with Crippen LogP contribution in [0.2, 0.25) is 0 Å². The van der Waals surface area contributed by atoms with Crippen molar-refractivity contribution in [2.45, 2.75) is 13.5 Å². The Kier molecular flexibility index (Phi) is 7.13. The summed E-state index contributed by atoms with van der Waals surface area (Å²) in [5, 5.41) is 2.64. The molecule has 0 aliphatic heterocycles. The number of terminal acetylenes is 1. The van der Waals surface area contributed by atoms with Crippen LogP contribution in [-0.2, 0) is 11.3 Å². The maximum absolute atomic E-state index is 11.6. The van der Waals surface area contributed by atoms with Crippen LogP contribution >= 0.6 is 0 Å². The van der Waals surface area contributed by atoms with Crippen molar-refractivity contribution >= 4 is 5.91 Å². The molecule has 0 atom stereocenters. The first-order valence-corrected chi connectivity index (χ1v) is 6.79. The molecule has 0 heterocycles. The Morgan fingerprint density at radius 3 is 2.81 bits per heavy atom. The quantitative estimate of drug-likeness (QED) is 0.733. The summed E-state index contributed by atoms with van der Waals surface area (Å²) in [6, 6.07) is 5.76. The molecular formula is C16H22N2O3. The van der Waals surface area contributed by atoms with Crippen molar-refractivity contribution in [3.05, 3.63) is 23.8 Å². The Hall–Kier alpha value is -2.19. The molecule has 0 spiro atoms. The summed E-state index contributed by atoms with van der Waals surface area (Å²) in [6.45, 7) is 3.69. The monoisotopic (exact) mass is 290 g/mol. The Bertz CT molecular complexity index is 509. The Balaban J connectivity index is 2.62. The maximum atomic E-state index is 11.6. The lowest BCUT2D eigenvalue weighted by Crippen LogP contribution is -2.34. The van der Waals surface area contributed by atoms with Gasteiger partial charge in [0.25, 0.3) is 0 Å². The Morgan fingerprint density at radius 2 is 2.19 bits per heavy atom. The summed E-state index contributed by atoms with van der Waals surface area (Å²) < 4.78 is 10.8. The van der Waals surface area contributed by atoms with E-state index in [0.717, 1.165) is 11.3 Å². The molecule has 0 saturated carbocycles. The van der Waals surface area contributed by atoms with Crippen molar-refractivity contribution in [3.8, 4) is 23.8 Å². The molecule has 0 fully saturated rings. The third kappa shape index (κ3) is 5.76. The number of likely N-dealkylation sites (N-methyl/N-ethyl adjacent to an activating group) is 1. The zero-order chi connectivity index (χ0) is 15.7. The van der Waals surface area contributed by atoms with E-state index in [4.69, 9.17) is 15.9 Å². The summed E-state index contributed by atoms with van der Waals surface area (Å²) in [5.41, 5.74) is 1.04. The number of hydrogen-bond acceptors (Lipinski definition) is 4. The lowest BCUT2D eigenvalue weighted by Gasteiger charge is -2.17. The Labute approximate surface area is 126 Å². The van der Waals surface area contributed by atoms with Gasteiger partial charge in [0.2, 0.25) is 5.91 Å². The molecule has 114 valence electrons. The van der Waals surface area contributed by atoms with E-state index in [1.165, 1.54) is 0 Å². The fourth-order valence-electron chi connectivity index (χ4n) is 1.90. The van der Waals surface area contributed by atoms with Gasteiger partial charge in [-0.1, -0.05) is 12.0 Å². The highest BCUT2D eigenvalue weighted by molar-refractivity contribution is 5.78.